The minimum Gasteiger partial charge on any atom is -0.483 e. The molecule has 0 fully saturated rings. The first-order valence-corrected chi connectivity index (χ1v) is 14.2. The molecule has 0 aliphatic rings. The van der Waals surface area contributed by atoms with Crippen LogP contribution in [0.4, 0.5) is 8.78 Å². The number of ether oxygens (including phenoxy) is 3. The van der Waals surface area contributed by atoms with Crippen molar-refractivity contribution >= 4 is 30.7 Å². The summed E-state index contributed by atoms with van der Waals surface area (Å²) in [6.45, 7) is 6.45. The van der Waals surface area contributed by atoms with Crippen molar-refractivity contribution in [3.8, 4) is 5.75 Å². The van der Waals surface area contributed by atoms with Crippen molar-refractivity contribution in [2.24, 2.45) is 10.8 Å². The van der Waals surface area contributed by atoms with Crippen LogP contribution in [0.3, 0.4) is 0 Å². The van der Waals surface area contributed by atoms with Crippen molar-refractivity contribution in [1.29, 1.82) is 0 Å². The summed E-state index contributed by atoms with van der Waals surface area (Å²) >= 11 is 0. The molecule has 0 aliphatic carbocycles. The molecule has 1 amide bonds. The summed E-state index contributed by atoms with van der Waals surface area (Å²) in [5.74, 6) is -5.61. The number of nitrogens with one attached hydrogen (secondary N) is 1. The number of rotatable bonds is 13. The lowest BCUT2D eigenvalue weighted by molar-refractivity contribution is -0.161. The van der Waals surface area contributed by atoms with Gasteiger partial charge in [0.05, 0.1) is 17.4 Å². The van der Waals surface area contributed by atoms with Crippen LogP contribution in [0.25, 0.3) is 0 Å². The molecule has 2 aromatic carbocycles. The molecule has 2 rings (SSSR count). The first-order chi connectivity index (χ1) is 19.0. The molecule has 0 bridgehead atoms. The first-order valence-electron chi connectivity index (χ1n) is 12.6. The number of hydrogen-bond donors (Lipinski definition) is 1. The molecule has 0 aromatic heterocycles. The van der Waals surface area contributed by atoms with E-state index in [4.69, 9.17) is 23.3 Å². The fraction of sp³-hybridized carbons (Fsp3) is 0.464. The molecule has 10 nitrogen and oxygen atoms in total. The molecule has 0 unspecified atom stereocenters. The highest BCUT2D eigenvalue weighted by Gasteiger charge is 2.35. The molecule has 13 heteroatoms. The first kappa shape index (κ1) is 33.9. The molecule has 0 heterocycles. The van der Waals surface area contributed by atoms with E-state index in [2.05, 4.69) is 5.32 Å². The maximum Gasteiger partial charge on any atom is 0.370 e. The van der Waals surface area contributed by atoms with E-state index in [-0.39, 0.29) is 16.6 Å². The summed E-state index contributed by atoms with van der Waals surface area (Å²) in [4.78, 5) is 36.6. The number of carbonyl (C=O) groups excluding carboxylic acids is 3. The summed E-state index contributed by atoms with van der Waals surface area (Å²) in [7, 11) is -4.40. The lowest BCUT2D eigenvalue weighted by atomic mass is 9.98. The Morgan fingerprint density at radius 1 is 0.780 bits per heavy atom. The molecule has 0 saturated carbocycles. The van der Waals surface area contributed by atoms with E-state index in [0.29, 0.717) is 0 Å². The molecule has 2 aromatic rings. The Labute approximate surface area is 238 Å². The van der Waals surface area contributed by atoms with Crippen LogP contribution in [-0.2, 0) is 43.4 Å². The number of para-hydroxylation sites is 1. The number of esters is 2. The van der Waals surface area contributed by atoms with E-state index < -0.39 is 68.9 Å². The van der Waals surface area contributed by atoms with E-state index in [9.17, 15) is 27.7 Å². The standard InChI is InChI=1S/C28H36F2NO9P/c1-26(2,3)24(33)37-18-39-41(35,40-19-38-25(34)27(4,5)6)22-15-11-10-14-21(22)36-16-23(32)31-17-28(29,30)20-12-8-7-9-13-20/h7-15H,16-19H2,1-6H3,(H,31,32). The number of hydrogen-bond acceptors (Lipinski definition) is 9. The normalized spacial score (nSPS) is 12.4. The molecule has 0 radical (unpaired) electrons. The quantitative estimate of drug-likeness (QED) is 0.194. The van der Waals surface area contributed by atoms with Crippen LogP contribution in [-0.4, -0.2) is 44.6 Å². The Morgan fingerprint density at radius 2 is 1.27 bits per heavy atom. The molecule has 0 atom stereocenters. The molecular formula is C28H36F2NO9P. The van der Waals surface area contributed by atoms with Gasteiger partial charge in [-0.05, 0) is 53.7 Å². The number of halogens is 2. The van der Waals surface area contributed by atoms with Gasteiger partial charge in [-0.1, -0.05) is 42.5 Å². The van der Waals surface area contributed by atoms with Crippen LogP contribution >= 0.6 is 7.60 Å². The van der Waals surface area contributed by atoms with Gasteiger partial charge in [0.1, 0.15) is 11.1 Å². The van der Waals surface area contributed by atoms with E-state index in [0.717, 1.165) is 0 Å². The van der Waals surface area contributed by atoms with Gasteiger partial charge in [-0.15, -0.1) is 0 Å². The van der Waals surface area contributed by atoms with Crippen LogP contribution in [0, 0.1) is 10.8 Å². The second kappa shape index (κ2) is 14.0. The second-order valence-corrected chi connectivity index (χ2v) is 13.0. The van der Waals surface area contributed by atoms with Crippen LogP contribution in [0.5, 0.6) is 5.75 Å². The summed E-state index contributed by atoms with van der Waals surface area (Å²) in [6, 6.07) is 12.6. The minimum absolute atomic E-state index is 0.134. The van der Waals surface area contributed by atoms with Gasteiger partial charge >= 0.3 is 19.5 Å². The van der Waals surface area contributed by atoms with Crippen molar-refractivity contribution in [2.75, 3.05) is 26.7 Å². The highest BCUT2D eigenvalue weighted by Crippen LogP contribution is 2.49. The predicted octanol–water partition coefficient (Wildman–Crippen LogP) is 4.92. The zero-order chi connectivity index (χ0) is 30.9. The molecular weight excluding hydrogens is 563 g/mol. The average molecular weight is 600 g/mol. The molecule has 41 heavy (non-hydrogen) atoms. The van der Waals surface area contributed by atoms with Crippen molar-refractivity contribution in [3.05, 3.63) is 60.2 Å². The van der Waals surface area contributed by atoms with Crippen molar-refractivity contribution in [3.63, 3.8) is 0 Å². The highest BCUT2D eigenvalue weighted by molar-refractivity contribution is 7.62. The van der Waals surface area contributed by atoms with Crippen molar-refractivity contribution < 1.29 is 51.0 Å². The molecule has 1 N–H and O–H groups in total. The van der Waals surface area contributed by atoms with Gasteiger partial charge in [-0.2, -0.15) is 8.78 Å². The topological polar surface area (TPSA) is 126 Å². The maximum atomic E-state index is 14.4. The van der Waals surface area contributed by atoms with Gasteiger partial charge in [0.15, 0.2) is 6.61 Å². The van der Waals surface area contributed by atoms with Crippen LogP contribution < -0.4 is 15.4 Å². The smallest absolute Gasteiger partial charge is 0.370 e. The Morgan fingerprint density at radius 3 is 1.78 bits per heavy atom. The molecule has 0 aliphatic heterocycles. The SMILES string of the molecule is CC(C)(C)C(=O)OCOP(=O)(OCOC(=O)C(C)(C)C)c1ccccc1OCC(=O)NCC(F)(F)c1ccccc1. The van der Waals surface area contributed by atoms with Crippen LogP contribution in [0.15, 0.2) is 54.6 Å². The third-order valence-corrected chi connectivity index (χ3v) is 7.12. The van der Waals surface area contributed by atoms with Gasteiger partial charge in [-0.3, -0.25) is 28.0 Å². The largest absolute Gasteiger partial charge is 0.483 e. The predicted molar refractivity (Wildman–Crippen MR) is 146 cm³/mol. The maximum absolute atomic E-state index is 14.4. The fourth-order valence-electron chi connectivity index (χ4n) is 2.90. The van der Waals surface area contributed by atoms with Crippen LogP contribution in [0.1, 0.15) is 47.1 Å². The number of benzene rings is 2. The van der Waals surface area contributed by atoms with E-state index in [1.54, 1.807) is 47.6 Å². The number of alkyl halides is 2. The van der Waals surface area contributed by atoms with E-state index >= 15 is 0 Å². The monoisotopic (exact) mass is 599 g/mol. The molecule has 0 spiro atoms. The third-order valence-electron chi connectivity index (χ3n) is 5.27. The van der Waals surface area contributed by atoms with Crippen molar-refractivity contribution in [1.82, 2.24) is 5.32 Å². The number of carbonyl (C=O) groups is 3. The van der Waals surface area contributed by atoms with E-state index in [1.807, 2.05) is 0 Å². The molecule has 226 valence electrons. The second-order valence-electron chi connectivity index (χ2n) is 11.0. The third kappa shape index (κ3) is 10.5. The van der Waals surface area contributed by atoms with Crippen LogP contribution in [0.2, 0.25) is 0 Å². The summed E-state index contributed by atoms with van der Waals surface area (Å²) in [5, 5.41) is 1.93. The van der Waals surface area contributed by atoms with Gasteiger partial charge in [0.25, 0.3) is 11.8 Å². The van der Waals surface area contributed by atoms with E-state index in [1.165, 1.54) is 48.5 Å². The Balaban J connectivity index is 2.15. The summed E-state index contributed by atoms with van der Waals surface area (Å²) in [5.41, 5.74) is -2.01. The lowest BCUT2D eigenvalue weighted by Gasteiger charge is -2.23. The highest BCUT2D eigenvalue weighted by atomic mass is 31.2. The summed E-state index contributed by atoms with van der Waals surface area (Å²) < 4.78 is 68.9. The Kier molecular flexibility index (Phi) is 11.6. The van der Waals surface area contributed by atoms with Crippen molar-refractivity contribution in [2.45, 2.75) is 47.5 Å². The number of amides is 1. The molecule has 0 saturated heterocycles. The summed E-state index contributed by atoms with van der Waals surface area (Å²) in [6.07, 6.45) is 0. The Bertz CT molecular complexity index is 1210. The lowest BCUT2D eigenvalue weighted by Crippen LogP contribution is -2.37. The zero-order valence-corrected chi connectivity index (χ0v) is 24.8. The average Bonchev–Trinajstić information content (AvgIpc) is 2.90. The zero-order valence-electron chi connectivity index (χ0n) is 23.9. The fourth-order valence-corrected chi connectivity index (χ4v) is 4.31. The van der Waals surface area contributed by atoms with Gasteiger partial charge in [0.2, 0.25) is 13.6 Å². The van der Waals surface area contributed by atoms with Gasteiger partial charge in [0, 0.05) is 5.56 Å². The minimum atomic E-state index is -4.40. The Hall–Kier alpha value is -3.34. The van der Waals surface area contributed by atoms with Gasteiger partial charge < -0.3 is 19.5 Å². The van der Waals surface area contributed by atoms with Gasteiger partial charge in [-0.25, -0.2) is 0 Å².